The molecule has 0 heterocycles. The molecule has 0 saturated heterocycles. The van der Waals surface area contributed by atoms with Crippen molar-refractivity contribution in [2.45, 2.75) is 12.7 Å². The standard InChI is InChI=1S/C3H5NO2/c4-2-1-3(5)6/h3,5-6H,1H2. The van der Waals surface area contributed by atoms with E-state index in [-0.39, 0.29) is 6.42 Å². The van der Waals surface area contributed by atoms with Crippen LogP contribution in [0.2, 0.25) is 0 Å². The van der Waals surface area contributed by atoms with Crippen molar-refractivity contribution in [1.29, 1.82) is 5.26 Å². The van der Waals surface area contributed by atoms with Crippen LogP contribution >= 0.6 is 0 Å². The van der Waals surface area contributed by atoms with Gasteiger partial charge in [-0.3, -0.25) is 0 Å². The molecule has 0 aliphatic carbocycles. The van der Waals surface area contributed by atoms with Crippen LogP contribution in [0.1, 0.15) is 6.42 Å². The van der Waals surface area contributed by atoms with Gasteiger partial charge in [0, 0.05) is 0 Å². The summed E-state index contributed by atoms with van der Waals surface area (Å²) in [6, 6.07) is 1.57. The number of aliphatic hydroxyl groups is 2. The third-order valence-electron chi connectivity index (χ3n) is 0.274. The minimum Gasteiger partial charge on any atom is -0.367 e. The van der Waals surface area contributed by atoms with Gasteiger partial charge in [0.15, 0.2) is 6.29 Å². The average Bonchev–Trinajstić information content (AvgIpc) is 1.35. The maximum Gasteiger partial charge on any atom is 0.164 e. The Bertz CT molecular complexity index is 63.7. The van der Waals surface area contributed by atoms with E-state index < -0.39 is 6.29 Å². The highest BCUT2D eigenvalue weighted by Crippen LogP contribution is 1.77. The highest BCUT2D eigenvalue weighted by Gasteiger charge is 1.89. The van der Waals surface area contributed by atoms with Crippen LogP contribution in [-0.4, -0.2) is 16.5 Å². The second kappa shape index (κ2) is 2.64. The van der Waals surface area contributed by atoms with E-state index in [0.717, 1.165) is 0 Å². The smallest absolute Gasteiger partial charge is 0.164 e. The summed E-state index contributed by atoms with van der Waals surface area (Å²) in [6.07, 6.45) is -1.67. The van der Waals surface area contributed by atoms with Crippen molar-refractivity contribution in [2.75, 3.05) is 0 Å². The number of aliphatic hydroxyl groups excluding tert-OH is 1. The summed E-state index contributed by atoms with van der Waals surface area (Å²) in [5.74, 6) is 0. The molecule has 3 nitrogen and oxygen atoms in total. The molecule has 0 aromatic heterocycles. The first-order valence-corrected chi connectivity index (χ1v) is 1.50. The molecule has 0 aromatic rings. The van der Waals surface area contributed by atoms with Gasteiger partial charge in [-0.05, 0) is 0 Å². The number of nitriles is 1. The van der Waals surface area contributed by atoms with Crippen molar-refractivity contribution in [3.8, 4) is 6.07 Å². The number of nitrogens with zero attached hydrogens (tertiary/aromatic N) is 1. The Labute approximate surface area is 35.5 Å². The Morgan fingerprint density at radius 3 is 2.17 bits per heavy atom. The molecule has 0 atom stereocenters. The monoisotopic (exact) mass is 87.0 g/mol. The number of hydrogen-bond donors (Lipinski definition) is 2. The summed E-state index contributed by atoms with van der Waals surface area (Å²) < 4.78 is 0. The molecule has 0 fully saturated rings. The highest BCUT2D eigenvalue weighted by molar-refractivity contribution is 4.68. The fourth-order valence-electron chi connectivity index (χ4n) is 0.0816. The van der Waals surface area contributed by atoms with Crippen LogP contribution in [0.15, 0.2) is 0 Å². The van der Waals surface area contributed by atoms with E-state index in [9.17, 15) is 0 Å². The van der Waals surface area contributed by atoms with Gasteiger partial charge in [0.1, 0.15) is 0 Å². The minimum absolute atomic E-state index is 0.208. The molecule has 0 bridgehead atoms. The summed E-state index contributed by atoms with van der Waals surface area (Å²) in [5, 5.41) is 23.4. The largest absolute Gasteiger partial charge is 0.367 e. The van der Waals surface area contributed by atoms with Gasteiger partial charge in [-0.2, -0.15) is 5.26 Å². The predicted octanol–water partition coefficient (Wildman–Crippen LogP) is -0.789. The van der Waals surface area contributed by atoms with Gasteiger partial charge in [0.25, 0.3) is 0 Å². The van der Waals surface area contributed by atoms with Crippen molar-refractivity contribution in [3.05, 3.63) is 0 Å². The predicted molar refractivity (Wildman–Crippen MR) is 18.5 cm³/mol. The van der Waals surface area contributed by atoms with Crippen LogP contribution in [-0.2, 0) is 0 Å². The normalized spacial score (nSPS) is 8.33. The first-order valence-electron chi connectivity index (χ1n) is 1.50. The summed E-state index contributed by atoms with van der Waals surface area (Å²) in [7, 11) is 0. The maximum atomic E-state index is 7.89. The molecule has 3 heteroatoms. The summed E-state index contributed by atoms with van der Waals surface area (Å²) >= 11 is 0. The quantitative estimate of drug-likeness (QED) is 0.412. The molecular weight excluding hydrogens is 82.0 g/mol. The molecular formula is C3H5NO2. The van der Waals surface area contributed by atoms with Gasteiger partial charge in [-0.15, -0.1) is 0 Å². The van der Waals surface area contributed by atoms with E-state index in [0.29, 0.717) is 0 Å². The lowest BCUT2D eigenvalue weighted by Crippen LogP contribution is -2.00. The molecule has 0 radical (unpaired) electrons. The topological polar surface area (TPSA) is 64.2 Å². The lowest BCUT2D eigenvalue weighted by molar-refractivity contribution is -0.0347. The SMILES string of the molecule is N#CCC(O)O. The molecule has 2 N–H and O–H groups in total. The van der Waals surface area contributed by atoms with Crippen LogP contribution in [0.4, 0.5) is 0 Å². The molecule has 0 amide bonds. The third kappa shape index (κ3) is 3.41. The fraction of sp³-hybridized carbons (Fsp3) is 0.667. The molecule has 6 heavy (non-hydrogen) atoms. The summed E-state index contributed by atoms with van der Waals surface area (Å²) in [4.78, 5) is 0. The van der Waals surface area contributed by atoms with Gasteiger partial charge >= 0.3 is 0 Å². The average molecular weight is 87.1 g/mol. The third-order valence-corrected chi connectivity index (χ3v) is 0.274. The molecule has 0 aliphatic heterocycles. The second-order valence-electron chi connectivity index (χ2n) is 0.843. The molecule has 0 aromatic carbocycles. The minimum atomic E-state index is -1.46. The van der Waals surface area contributed by atoms with E-state index in [4.69, 9.17) is 15.5 Å². The molecule has 0 aliphatic rings. The van der Waals surface area contributed by atoms with Crippen LogP contribution in [0.3, 0.4) is 0 Å². The van der Waals surface area contributed by atoms with E-state index in [1.165, 1.54) is 0 Å². The maximum absolute atomic E-state index is 7.89. The van der Waals surface area contributed by atoms with Crippen molar-refractivity contribution in [2.24, 2.45) is 0 Å². The summed E-state index contributed by atoms with van der Waals surface area (Å²) in [6.45, 7) is 0. The van der Waals surface area contributed by atoms with Crippen LogP contribution in [0, 0.1) is 11.3 Å². The van der Waals surface area contributed by atoms with Gasteiger partial charge in [-0.1, -0.05) is 0 Å². The zero-order valence-corrected chi connectivity index (χ0v) is 3.13. The van der Waals surface area contributed by atoms with Gasteiger partial charge in [0.05, 0.1) is 12.5 Å². The van der Waals surface area contributed by atoms with Crippen LogP contribution < -0.4 is 0 Å². The van der Waals surface area contributed by atoms with E-state index in [1.54, 1.807) is 6.07 Å². The van der Waals surface area contributed by atoms with Gasteiger partial charge in [0.2, 0.25) is 0 Å². The Hall–Kier alpha value is -0.590. The second-order valence-corrected chi connectivity index (χ2v) is 0.843. The molecule has 0 spiro atoms. The van der Waals surface area contributed by atoms with E-state index in [2.05, 4.69) is 0 Å². The number of hydrogen-bond acceptors (Lipinski definition) is 3. The molecule has 34 valence electrons. The van der Waals surface area contributed by atoms with Crippen molar-refractivity contribution >= 4 is 0 Å². The Balaban J connectivity index is 2.88. The van der Waals surface area contributed by atoms with Crippen LogP contribution in [0.25, 0.3) is 0 Å². The van der Waals surface area contributed by atoms with Gasteiger partial charge in [-0.25, -0.2) is 0 Å². The lowest BCUT2D eigenvalue weighted by atomic mass is 10.5. The van der Waals surface area contributed by atoms with Crippen molar-refractivity contribution < 1.29 is 10.2 Å². The van der Waals surface area contributed by atoms with Crippen molar-refractivity contribution in [3.63, 3.8) is 0 Å². The lowest BCUT2D eigenvalue weighted by Gasteiger charge is -1.88. The Kier molecular flexibility index (Phi) is 2.38. The fourth-order valence-corrected chi connectivity index (χ4v) is 0.0816. The zero-order valence-electron chi connectivity index (χ0n) is 3.13. The molecule has 0 saturated carbocycles. The van der Waals surface area contributed by atoms with Crippen LogP contribution in [0.5, 0.6) is 0 Å². The van der Waals surface area contributed by atoms with E-state index in [1.807, 2.05) is 0 Å². The van der Waals surface area contributed by atoms with E-state index >= 15 is 0 Å². The first kappa shape index (κ1) is 5.41. The van der Waals surface area contributed by atoms with Gasteiger partial charge < -0.3 is 10.2 Å². The highest BCUT2D eigenvalue weighted by atomic mass is 16.5. The zero-order chi connectivity index (χ0) is 4.99. The number of rotatable bonds is 1. The summed E-state index contributed by atoms with van der Waals surface area (Å²) in [5.41, 5.74) is 0. The Morgan fingerprint density at radius 1 is 1.67 bits per heavy atom. The molecule has 0 rings (SSSR count). The van der Waals surface area contributed by atoms with Crippen molar-refractivity contribution in [1.82, 2.24) is 0 Å². The Morgan fingerprint density at radius 2 is 2.17 bits per heavy atom. The first-order chi connectivity index (χ1) is 2.77. The molecule has 0 unspecified atom stereocenters.